The molecule has 0 bridgehead atoms. The third kappa shape index (κ3) is 4.25. The minimum absolute atomic E-state index is 0.0355. The van der Waals surface area contributed by atoms with Gasteiger partial charge >= 0.3 is 0 Å². The molecule has 1 unspecified atom stereocenters. The summed E-state index contributed by atoms with van der Waals surface area (Å²) in [5, 5.41) is 0. The van der Waals surface area contributed by atoms with Gasteiger partial charge in [-0.25, -0.2) is 8.42 Å². The van der Waals surface area contributed by atoms with Gasteiger partial charge in [-0.15, -0.1) is 6.58 Å². The van der Waals surface area contributed by atoms with Crippen molar-refractivity contribution in [1.29, 1.82) is 0 Å². The first kappa shape index (κ1) is 14.9. The summed E-state index contributed by atoms with van der Waals surface area (Å²) in [6, 6.07) is 6.85. The fourth-order valence-corrected chi connectivity index (χ4v) is 2.45. The highest BCUT2D eigenvalue weighted by atomic mass is 32.2. The van der Waals surface area contributed by atoms with Crippen molar-refractivity contribution in [1.82, 2.24) is 5.43 Å². The SMILES string of the molecule is C=CCCCC(NN)c1cccc(S(C)(=O)=O)c1. The highest BCUT2D eigenvalue weighted by molar-refractivity contribution is 7.90. The van der Waals surface area contributed by atoms with Crippen LogP contribution in [0.4, 0.5) is 0 Å². The molecule has 1 rings (SSSR count). The molecule has 0 saturated carbocycles. The first-order valence-corrected chi connectivity index (χ1v) is 7.75. The van der Waals surface area contributed by atoms with Gasteiger partial charge in [-0.05, 0) is 37.0 Å². The van der Waals surface area contributed by atoms with E-state index in [-0.39, 0.29) is 6.04 Å². The van der Waals surface area contributed by atoms with Gasteiger partial charge in [0.15, 0.2) is 9.84 Å². The number of hydrogen-bond acceptors (Lipinski definition) is 4. The quantitative estimate of drug-likeness (QED) is 0.343. The van der Waals surface area contributed by atoms with Crippen molar-refractivity contribution >= 4 is 9.84 Å². The summed E-state index contributed by atoms with van der Waals surface area (Å²) >= 11 is 0. The third-order valence-electron chi connectivity index (χ3n) is 2.79. The Hall–Kier alpha value is -1.17. The van der Waals surface area contributed by atoms with E-state index in [2.05, 4.69) is 12.0 Å². The zero-order valence-electron chi connectivity index (χ0n) is 10.6. The lowest BCUT2D eigenvalue weighted by atomic mass is 10.0. The van der Waals surface area contributed by atoms with Gasteiger partial charge in [0.05, 0.1) is 4.90 Å². The van der Waals surface area contributed by atoms with E-state index >= 15 is 0 Å². The second kappa shape index (κ2) is 6.68. The number of unbranched alkanes of at least 4 members (excludes halogenated alkanes) is 1. The molecule has 3 N–H and O–H groups in total. The molecule has 0 aliphatic heterocycles. The Kier molecular flexibility index (Phi) is 5.53. The maximum absolute atomic E-state index is 11.5. The zero-order chi connectivity index (χ0) is 13.6. The molecule has 1 aromatic rings. The molecule has 1 atom stereocenters. The maximum Gasteiger partial charge on any atom is 0.175 e. The molecule has 0 heterocycles. The molecule has 0 spiro atoms. The fraction of sp³-hybridized carbons (Fsp3) is 0.385. The zero-order valence-corrected chi connectivity index (χ0v) is 11.4. The van der Waals surface area contributed by atoms with E-state index in [4.69, 9.17) is 5.84 Å². The summed E-state index contributed by atoms with van der Waals surface area (Å²) in [6.07, 6.45) is 5.79. The van der Waals surface area contributed by atoms with Crippen LogP contribution in [0.1, 0.15) is 30.9 Å². The van der Waals surface area contributed by atoms with Crippen LogP contribution in [0.15, 0.2) is 41.8 Å². The van der Waals surface area contributed by atoms with Gasteiger partial charge in [0.1, 0.15) is 0 Å². The van der Waals surface area contributed by atoms with Crippen LogP contribution in [0.2, 0.25) is 0 Å². The highest BCUT2D eigenvalue weighted by Gasteiger charge is 2.13. The molecule has 18 heavy (non-hydrogen) atoms. The third-order valence-corrected chi connectivity index (χ3v) is 3.90. The van der Waals surface area contributed by atoms with Crippen molar-refractivity contribution in [2.24, 2.45) is 5.84 Å². The number of rotatable bonds is 7. The van der Waals surface area contributed by atoms with E-state index in [1.165, 1.54) is 6.26 Å². The molecule has 0 aliphatic rings. The first-order chi connectivity index (χ1) is 8.49. The van der Waals surface area contributed by atoms with Crippen LogP contribution < -0.4 is 11.3 Å². The van der Waals surface area contributed by atoms with Gasteiger partial charge in [-0.3, -0.25) is 11.3 Å². The Morgan fingerprint density at radius 2 is 2.22 bits per heavy atom. The van der Waals surface area contributed by atoms with Gasteiger partial charge in [-0.2, -0.15) is 0 Å². The first-order valence-electron chi connectivity index (χ1n) is 5.86. The van der Waals surface area contributed by atoms with E-state index in [0.29, 0.717) is 4.90 Å². The van der Waals surface area contributed by atoms with Crippen LogP contribution in [0.3, 0.4) is 0 Å². The molecular weight excluding hydrogens is 248 g/mol. The monoisotopic (exact) mass is 268 g/mol. The summed E-state index contributed by atoms with van der Waals surface area (Å²) < 4.78 is 23.0. The van der Waals surface area contributed by atoms with E-state index in [9.17, 15) is 8.42 Å². The van der Waals surface area contributed by atoms with Gasteiger partial charge in [0, 0.05) is 12.3 Å². The Labute approximate surface area is 109 Å². The van der Waals surface area contributed by atoms with Gasteiger partial charge in [-0.1, -0.05) is 18.2 Å². The summed E-state index contributed by atoms with van der Waals surface area (Å²) in [5.41, 5.74) is 3.62. The largest absolute Gasteiger partial charge is 0.271 e. The lowest BCUT2D eigenvalue weighted by Crippen LogP contribution is -2.28. The van der Waals surface area contributed by atoms with E-state index in [0.717, 1.165) is 24.8 Å². The Bertz CT molecular complexity index is 497. The molecule has 0 amide bonds. The Morgan fingerprint density at radius 3 is 2.78 bits per heavy atom. The molecular formula is C13H20N2O2S. The van der Waals surface area contributed by atoms with Crippen LogP contribution in [-0.2, 0) is 9.84 Å². The van der Waals surface area contributed by atoms with Crippen molar-refractivity contribution in [3.8, 4) is 0 Å². The molecule has 0 radical (unpaired) electrons. The smallest absolute Gasteiger partial charge is 0.175 e. The van der Waals surface area contributed by atoms with Gasteiger partial charge in [0.25, 0.3) is 0 Å². The summed E-state index contributed by atoms with van der Waals surface area (Å²) in [5.74, 6) is 5.52. The number of benzene rings is 1. The minimum Gasteiger partial charge on any atom is -0.271 e. The second-order valence-electron chi connectivity index (χ2n) is 4.28. The minimum atomic E-state index is -3.18. The van der Waals surface area contributed by atoms with E-state index < -0.39 is 9.84 Å². The van der Waals surface area contributed by atoms with E-state index in [1.54, 1.807) is 18.2 Å². The molecule has 0 saturated heterocycles. The number of hydrazine groups is 1. The molecule has 4 nitrogen and oxygen atoms in total. The molecule has 0 fully saturated rings. The summed E-state index contributed by atoms with van der Waals surface area (Å²) in [7, 11) is -3.18. The average Bonchev–Trinajstić information content (AvgIpc) is 2.34. The Balaban J connectivity index is 2.89. The fourth-order valence-electron chi connectivity index (χ4n) is 1.77. The van der Waals surface area contributed by atoms with Crippen LogP contribution in [0, 0.1) is 0 Å². The maximum atomic E-state index is 11.5. The van der Waals surface area contributed by atoms with Crippen molar-refractivity contribution in [3.05, 3.63) is 42.5 Å². The average molecular weight is 268 g/mol. The van der Waals surface area contributed by atoms with Crippen LogP contribution in [0.25, 0.3) is 0 Å². The molecule has 5 heteroatoms. The highest BCUT2D eigenvalue weighted by Crippen LogP contribution is 2.21. The van der Waals surface area contributed by atoms with Crippen LogP contribution in [-0.4, -0.2) is 14.7 Å². The standard InChI is InChI=1S/C13H20N2O2S/c1-3-4-5-9-13(15-14)11-7-6-8-12(10-11)18(2,16)17/h3,6-8,10,13,15H,1,4-5,9,14H2,2H3. The van der Waals surface area contributed by atoms with Crippen molar-refractivity contribution < 1.29 is 8.42 Å². The number of nitrogens with one attached hydrogen (secondary N) is 1. The number of hydrogen-bond donors (Lipinski definition) is 2. The van der Waals surface area contributed by atoms with Crippen molar-refractivity contribution in [3.63, 3.8) is 0 Å². The van der Waals surface area contributed by atoms with Crippen molar-refractivity contribution in [2.45, 2.75) is 30.2 Å². The molecule has 1 aromatic carbocycles. The lowest BCUT2D eigenvalue weighted by Gasteiger charge is -2.16. The molecule has 100 valence electrons. The topological polar surface area (TPSA) is 72.2 Å². The second-order valence-corrected chi connectivity index (χ2v) is 6.30. The Morgan fingerprint density at radius 1 is 1.50 bits per heavy atom. The van der Waals surface area contributed by atoms with Crippen LogP contribution >= 0.6 is 0 Å². The number of sulfone groups is 1. The molecule has 0 aliphatic carbocycles. The predicted octanol–water partition coefficient (Wildman–Crippen LogP) is 1.95. The van der Waals surface area contributed by atoms with Gasteiger partial charge in [0.2, 0.25) is 0 Å². The number of nitrogens with two attached hydrogens (primary N) is 1. The van der Waals surface area contributed by atoms with Gasteiger partial charge < -0.3 is 0 Å². The van der Waals surface area contributed by atoms with E-state index in [1.807, 2.05) is 12.1 Å². The number of allylic oxidation sites excluding steroid dienone is 1. The summed E-state index contributed by atoms with van der Waals surface area (Å²) in [6.45, 7) is 3.67. The summed E-state index contributed by atoms with van der Waals surface area (Å²) in [4.78, 5) is 0.323. The lowest BCUT2D eigenvalue weighted by molar-refractivity contribution is 0.500. The predicted molar refractivity (Wildman–Crippen MR) is 73.7 cm³/mol. The normalized spacial score (nSPS) is 13.2. The molecule has 0 aromatic heterocycles. The van der Waals surface area contributed by atoms with Crippen molar-refractivity contribution in [2.75, 3.05) is 6.26 Å². The van der Waals surface area contributed by atoms with Crippen LogP contribution in [0.5, 0.6) is 0 Å².